The third-order valence-electron chi connectivity index (χ3n) is 4.70. The summed E-state index contributed by atoms with van der Waals surface area (Å²) in [7, 11) is 0. The average Bonchev–Trinajstić information content (AvgIpc) is 3.22. The van der Waals surface area contributed by atoms with E-state index in [9.17, 15) is 18.8 Å². The number of anilines is 2. The number of fused-ring (bicyclic) bond motifs is 2. The summed E-state index contributed by atoms with van der Waals surface area (Å²) in [5.74, 6) is 3.70. The molecule has 2 heterocycles. The number of carbonyl (C=O) groups is 3. The number of rotatable bonds is 3. The molecule has 0 radical (unpaired) electrons. The number of hydrogen-bond donors (Lipinski definition) is 2. The zero-order chi connectivity index (χ0) is 22.9. The Labute approximate surface area is 186 Å². The maximum atomic E-state index is 13.5. The number of nitrogens with one attached hydrogen (secondary N) is 2. The van der Waals surface area contributed by atoms with Gasteiger partial charge in [-0.2, -0.15) is 0 Å². The lowest BCUT2D eigenvalue weighted by atomic mass is 9.87. The molecule has 2 aliphatic heterocycles. The van der Waals surface area contributed by atoms with Gasteiger partial charge in [-0.15, -0.1) is 0 Å². The van der Waals surface area contributed by atoms with Crippen molar-refractivity contribution in [2.75, 3.05) is 10.6 Å². The number of halogens is 2. The third kappa shape index (κ3) is 3.33. The van der Waals surface area contributed by atoms with Crippen molar-refractivity contribution in [2.24, 2.45) is 0 Å². The Morgan fingerprint density at radius 1 is 1.22 bits per heavy atom. The van der Waals surface area contributed by atoms with Gasteiger partial charge in [0, 0.05) is 22.9 Å². The largest absolute Gasteiger partial charge is 0.434 e. The zero-order valence-electron chi connectivity index (χ0n) is 16.3. The van der Waals surface area contributed by atoms with E-state index in [2.05, 4.69) is 34.5 Å². The van der Waals surface area contributed by atoms with Crippen molar-refractivity contribution in [2.45, 2.75) is 12.5 Å². The molecule has 1 atom stereocenters. The molecular weight excluding hydrogens is 439 g/mol. The lowest BCUT2D eigenvalue weighted by Crippen LogP contribution is -2.39. The molecule has 9 heteroatoms. The molecule has 1 unspecified atom stereocenters. The van der Waals surface area contributed by atoms with Crippen LogP contribution in [0.3, 0.4) is 0 Å². The van der Waals surface area contributed by atoms with Gasteiger partial charge in [-0.1, -0.05) is 35.7 Å². The van der Waals surface area contributed by atoms with Gasteiger partial charge in [0.05, 0.1) is 5.02 Å². The Morgan fingerprint density at radius 3 is 2.75 bits per heavy atom. The van der Waals surface area contributed by atoms with Gasteiger partial charge in [0.25, 0.3) is 11.5 Å². The Morgan fingerprint density at radius 2 is 2.00 bits per heavy atom. The highest BCUT2D eigenvalue weighted by atomic mass is 35.5. The number of benzene rings is 2. The Balaban J connectivity index is 1.88. The zero-order valence-corrected chi connectivity index (χ0v) is 17.1. The molecule has 0 saturated heterocycles. The predicted octanol–water partition coefficient (Wildman–Crippen LogP) is 3.08. The standard InChI is InChI=1S/C23H12ClFN2O5/c1-2-3-6-11-31-20(28)18-19(26-13-9-10-16(25)15(24)12-13)21(29)32-23(18)14-7-4-5-8-17(14)27-22(23)30/h4-5,7-10,12,26H,1H3,(H,27,30). The van der Waals surface area contributed by atoms with Gasteiger partial charge in [0.2, 0.25) is 0 Å². The first-order valence-electron chi connectivity index (χ1n) is 9.12. The van der Waals surface area contributed by atoms with Crippen molar-refractivity contribution >= 4 is 40.8 Å². The summed E-state index contributed by atoms with van der Waals surface area (Å²) < 4.78 is 24.0. The van der Waals surface area contributed by atoms with Gasteiger partial charge in [-0.25, -0.2) is 14.0 Å². The smallest absolute Gasteiger partial charge is 0.357 e. The van der Waals surface area contributed by atoms with Crippen LogP contribution in [0.5, 0.6) is 0 Å². The van der Waals surface area contributed by atoms with E-state index in [1.165, 1.54) is 12.1 Å². The highest BCUT2D eigenvalue weighted by Gasteiger charge is 2.62. The second-order valence-corrected chi connectivity index (χ2v) is 6.97. The van der Waals surface area contributed by atoms with Crippen LogP contribution in [-0.4, -0.2) is 17.8 Å². The van der Waals surface area contributed by atoms with E-state index < -0.39 is 34.8 Å². The Kier molecular flexibility index (Phi) is 5.31. The first-order chi connectivity index (χ1) is 15.4. The van der Waals surface area contributed by atoms with E-state index in [0.29, 0.717) is 5.69 Å². The molecule has 7 nitrogen and oxygen atoms in total. The van der Waals surface area contributed by atoms with Crippen molar-refractivity contribution in [3.63, 3.8) is 0 Å². The fourth-order valence-electron chi connectivity index (χ4n) is 3.39. The van der Waals surface area contributed by atoms with E-state index in [1.54, 1.807) is 31.2 Å². The number of ether oxygens (including phenoxy) is 2. The number of hydrogen-bond acceptors (Lipinski definition) is 6. The minimum atomic E-state index is -2.09. The van der Waals surface area contributed by atoms with Crippen LogP contribution < -0.4 is 10.6 Å². The van der Waals surface area contributed by atoms with Crippen LogP contribution >= 0.6 is 11.6 Å². The molecule has 0 fully saturated rings. The molecule has 0 bridgehead atoms. The summed E-state index contributed by atoms with van der Waals surface area (Å²) in [4.78, 5) is 38.9. The van der Waals surface area contributed by atoms with Crippen LogP contribution in [0.1, 0.15) is 12.5 Å². The number of esters is 2. The van der Waals surface area contributed by atoms with E-state index in [0.717, 1.165) is 6.07 Å². The minimum absolute atomic E-state index is 0.181. The second kappa shape index (κ2) is 8.10. The van der Waals surface area contributed by atoms with Crippen molar-refractivity contribution in [3.8, 4) is 23.9 Å². The minimum Gasteiger partial charge on any atom is -0.434 e. The summed E-state index contributed by atoms with van der Waals surface area (Å²) in [5.41, 5.74) is -2.07. The van der Waals surface area contributed by atoms with Crippen molar-refractivity contribution in [3.05, 3.63) is 70.1 Å². The summed E-state index contributed by atoms with van der Waals surface area (Å²) in [6.45, 7) is 1.55. The van der Waals surface area contributed by atoms with Gasteiger partial charge < -0.3 is 20.1 Å². The molecule has 4 rings (SSSR count). The molecule has 1 spiro atoms. The van der Waals surface area contributed by atoms with Crippen LogP contribution in [-0.2, 0) is 29.5 Å². The van der Waals surface area contributed by atoms with E-state index in [-0.39, 0.29) is 22.0 Å². The van der Waals surface area contributed by atoms with E-state index in [1.807, 2.05) is 0 Å². The molecule has 158 valence electrons. The molecule has 0 saturated carbocycles. The second-order valence-electron chi connectivity index (χ2n) is 6.57. The van der Waals surface area contributed by atoms with Crippen molar-refractivity contribution in [1.82, 2.24) is 0 Å². The predicted molar refractivity (Wildman–Crippen MR) is 112 cm³/mol. The van der Waals surface area contributed by atoms with Crippen molar-refractivity contribution in [1.29, 1.82) is 0 Å². The van der Waals surface area contributed by atoms with Gasteiger partial charge in [-0.3, -0.25) is 4.79 Å². The summed E-state index contributed by atoms with van der Waals surface area (Å²) >= 11 is 5.81. The molecule has 1 amide bonds. The number of carbonyl (C=O) groups excluding carboxylic acids is 3. The van der Waals surface area contributed by atoms with Crippen molar-refractivity contribution < 1.29 is 28.2 Å². The maximum Gasteiger partial charge on any atom is 0.357 e. The van der Waals surface area contributed by atoms with Gasteiger partial charge in [0.15, 0.2) is 0 Å². The summed E-state index contributed by atoms with van der Waals surface area (Å²) in [5, 5.41) is 5.07. The lowest BCUT2D eigenvalue weighted by molar-refractivity contribution is -0.156. The highest BCUT2D eigenvalue weighted by Crippen LogP contribution is 2.49. The van der Waals surface area contributed by atoms with Crippen LogP contribution in [0.4, 0.5) is 15.8 Å². The van der Waals surface area contributed by atoms with Crippen LogP contribution in [0, 0.1) is 29.7 Å². The van der Waals surface area contributed by atoms with E-state index >= 15 is 0 Å². The number of para-hydroxylation sites is 1. The molecule has 2 aromatic carbocycles. The molecule has 2 N–H and O–H groups in total. The third-order valence-corrected chi connectivity index (χ3v) is 4.99. The molecule has 2 aromatic rings. The molecule has 32 heavy (non-hydrogen) atoms. The molecular formula is C23H12ClFN2O5. The summed E-state index contributed by atoms with van der Waals surface area (Å²) in [6.07, 6.45) is 2.12. The SMILES string of the molecule is CC#CC#COC(=O)C1=C(Nc2ccc(F)c(Cl)c2)C(=O)OC12C(=O)Nc1ccccc12. The number of amides is 1. The normalized spacial score (nSPS) is 18.1. The Hall–Kier alpha value is -4.27. The first kappa shape index (κ1) is 21.0. The van der Waals surface area contributed by atoms with Gasteiger partial charge in [0.1, 0.15) is 23.2 Å². The van der Waals surface area contributed by atoms with Crippen LogP contribution in [0.15, 0.2) is 53.7 Å². The monoisotopic (exact) mass is 450 g/mol. The maximum absolute atomic E-state index is 13.5. The fraction of sp³-hybridized carbons (Fsp3) is 0.0870. The van der Waals surface area contributed by atoms with Crippen LogP contribution in [0.25, 0.3) is 0 Å². The van der Waals surface area contributed by atoms with Gasteiger partial charge >= 0.3 is 11.9 Å². The van der Waals surface area contributed by atoms with E-state index in [4.69, 9.17) is 21.1 Å². The highest BCUT2D eigenvalue weighted by molar-refractivity contribution is 6.31. The average molecular weight is 451 g/mol. The first-order valence-corrected chi connectivity index (χ1v) is 9.50. The van der Waals surface area contributed by atoms with Gasteiger partial charge in [-0.05, 0) is 37.1 Å². The molecule has 0 aliphatic carbocycles. The quantitative estimate of drug-likeness (QED) is 0.551. The van der Waals surface area contributed by atoms with Crippen LogP contribution in [0.2, 0.25) is 5.02 Å². The fourth-order valence-corrected chi connectivity index (χ4v) is 3.57. The molecule has 2 aliphatic rings. The Bertz CT molecular complexity index is 1350. The topological polar surface area (TPSA) is 93.7 Å². The summed E-state index contributed by atoms with van der Waals surface area (Å²) in [6, 6.07) is 10.0. The lowest BCUT2D eigenvalue weighted by Gasteiger charge is -2.22. The molecule has 0 aromatic heterocycles.